The number of piperazine rings is 1. The highest BCUT2D eigenvalue weighted by Crippen LogP contribution is 2.27. The van der Waals surface area contributed by atoms with Gasteiger partial charge in [0.2, 0.25) is 0 Å². The van der Waals surface area contributed by atoms with Gasteiger partial charge in [-0.15, -0.1) is 0 Å². The van der Waals surface area contributed by atoms with Gasteiger partial charge in [-0.25, -0.2) is 4.39 Å². The van der Waals surface area contributed by atoms with Gasteiger partial charge in [0.25, 0.3) is 5.91 Å². The highest BCUT2D eigenvalue weighted by molar-refractivity contribution is 6.39. The number of halogens is 3. The fourth-order valence-corrected chi connectivity index (χ4v) is 3.28. The molecule has 0 unspecified atom stereocenters. The summed E-state index contributed by atoms with van der Waals surface area (Å²) in [4.78, 5) is 16.3. The third-order valence-corrected chi connectivity index (χ3v) is 4.57. The maximum Gasteiger partial charge on any atom is 0.257 e. The summed E-state index contributed by atoms with van der Waals surface area (Å²) in [7, 11) is 0. The minimum absolute atomic E-state index is 0.186. The summed E-state index contributed by atoms with van der Waals surface area (Å²) >= 11 is 12.2. The van der Waals surface area contributed by atoms with E-state index in [4.69, 9.17) is 23.2 Å². The topological polar surface area (TPSA) is 23.6 Å². The van der Waals surface area contributed by atoms with Gasteiger partial charge in [0, 0.05) is 26.2 Å². The summed E-state index contributed by atoms with van der Waals surface area (Å²) in [6, 6.07) is 11.7. The van der Waals surface area contributed by atoms with Crippen LogP contribution in [0.15, 0.2) is 42.5 Å². The van der Waals surface area contributed by atoms with E-state index >= 15 is 0 Å². The summed E-state index contributed by atoms with van der Waals surface area (Å²) in [6.45, 7) is 2.12. The first-order valence-corrected chi connectivity index (χ1v) is 8.06. The van der Waals surface area contributed by atoms with Crippen molar-refractivity contribution in [1.29, 1.82) is 0 Å². The molecule has 23 heavy (non-hydrogen) atoms. The van der Waals surface area contributed by atoms with E-state index in [2.05, 4.69) is 0 Å². The molecule has 0 atom stereocenters. The van der Waals surface area contributed by atoms with Crippen molar-refractivity contribution >= 4 is 34.8 Å². The molecule has 1 aliphatic rings. The molecular formula is C17H15Cl2FN2O. The molecule has 2 aromatic carbocycles. The van der Waals surface area contributed by atoms with Crippen molar-refractivity contribution in [2.45, 2.75) is 0 Å². The number of nitrogens with zero attached hydrogens (tertiary/aromatic N) is 2. The van der Waals surface area contributed by atoms with E-state index < -0.39 is 0 Å². The van der Waals surface area contributed by atoms with Crippen LogP contribution in [0.3, 0.4) is 0 Å². The second-order valence-electron chi connectivity index (χ2n) is 5.33. The van der Waals surface area contributed by atoms with Crippen LogP contribution in [-0.2, 0) is 0 Å². The molecule has 1 saturated heterocycles. The van der Waals surface area contributed by atoms with Crippen molar-refractivity contribution in [2.24, 2.45) is 0 Å². The lowest BCUT2D eigenvalue weighted by atomic mass is 10.1. The molecule has 1 fully saturated rings. The summed E-state index contributed by atoms with van der Waals surface area (Å²) < 4.78 is 13.8. The zero-order chi connectivity index (χ0) is 16.4. The number of amides is 1. The standard InChI is InChI=1S/C17H15Cl2FN2O/c18-12-4-3-5-13(19)16(12)17(23)22-10-8-21(9-11-22)15-7-2-1-6-14(15)20/h1-7H,8-11H2. The normalized spacial score (nSPS) is 14.9. The van der Waals surface area contributed by atoms with E-state index in [1.54, 1.807) is 41.3 Å². The van der Waals surface area contributed by atoms with Crippen molar-refractivity contribution in [2.75, 3.05) is 31.1 Å². The minimum atomic E-state index is -0.249. The Bertz CT molecular complexity index is 710. The molecule has 1 aliphatic heterocycles. The van der Waals surface area contributed by atoms with Crippen LogP contribution >= 0.6 is 23.2 Å². The number of benzene rings is 2. The fourth-order valence-electron chi connectivity index (χ4n) is 2.72. The van der Waals surface area contributed by atoms with Gasteiger partial charge >= 0.3 is 0 Å². The predicted molar refractivity (Wildman–Crippen MR) is 91.0 cm³/mol. The van der Waals surface area contributed by atoms with Crippen LogP contribution in [-0.4, -0.2) is 37.0 Å². The number of hydrogen-bond acceptors (Lipinski definition) is 2. The molecule has 0 aromatic heterocycles. The first kappa shape index (κ1) is 16.1. The number of rotatable bonds is 2. The summed E-state index contributed by atoms with van der Waals surface area (Å²) in [5, 5.41) is 0.693. The Morgan fingerprint density at radius 3 is 2.13 bits per heavy atom. The molecule has 3 rings (SSSR count). The lowest BCUT2D eigenvalue weighted by Crippen LogP contribution is -2.49. The molecule has 0 aliphatic carbocycles. The van der Waals surface area contributed by atoms with Gasteiger partial charge in [-0.3, -0.25) is 4.79 Å². The maximum atomic E-state index is 13.8. The number of carbonyl (C=O) groups is 1. The quantitative estimate of drug-likeness (QED) is 0.812. The van der Waals surface area contributed by atoms with E-state index in [0.29, 0.717) is 47.5 Å². The monoisotopic (exact) mass is 352 g/mol. The lowest BCUT2D eigenvalue weighted by Gasteiger charge is -2.36. The largest absolute Gasteiger partial charge is 0.366 e. The van der Waals surface area contributed by atoms with E-state index in [0.717, 1.165) is 0 Å². The van der Waals surface area contributed by atoms with Gasteiger partial charge in [0.1, 0.15) is 5.82 Å². The van der Waals surface area contributed by atoms with Crippen LogP contribution in [0.5, 0.6) is 0 Å². The number of carbonyl (C=O) groups excluding carboxylic acids is 1. The molecule has 0 bridgehead atoms. The molecule has 3 nitrogen and oxygen atoms in total. The maximum absolute atomic E-state index is 13.8. The average molecular weight is 353 g/mol. The van der Waals surface area contributed by atoms with Crippen molar-refractivity contribution in [3.8, 4) is 0 Å². The molecule has 0 saturated carbocycles. The third kappa shape index (κ3) is 3.28. The Labute approximate surface area is 144 Å². The molecule has 0 N–H and O–H groups in total. The summed E-state index contributed by atoms with van der Waals surface area (Å²) in [6.07, 6.45) is 0. The summed E-state index contributed by atoms with van der Waals surface area (Å²) in [5.41, 5.74) is 0.894. The SMILES string of the molecule is O=C(c1c(Cl)cccc1Cl)N1CCN(c2ccccc2F)CC1. The van der Waals surface area contributed by atoms with Crippen molar-refractivity contribution in [3.05, 3.63) is 63.9 Å². The molecular weight excluding hydrogens is 338 g/mol. The van der Waals surface area contributed by atoms with Gasteiger partial charge < -0.3 is 9.80 Å². The number of hydrogen-bond donors (Lipinski definition) is 0. The Balaban J connectivity index is 1.72. The smallest absolute Gasteiger partial charge is 0.257 e. The molecule has 1 amide bonds. The fraction of sp³-hybridized carbons (Fsp3) is 0.235. The third-order valence-electron chi connectivity index (χ3n) is 3.94. The first-order valence-electron chi connectivity index (χ1n) is 7.30. The predicted octanol–water partition coefficient (Wildman–Crippen LogP) is 4.09. The molecule has 0 radical (unpaired) electrons. The Hall–Kier alpha value is -1.78. The molecule has 0 spiro atoms. The van der Waals surface area contributed by atoms with Gasteiger partial charge in [0.15, 0.2) is 0 Å². The molecule has 2 aromatic rings. The minimum Gasteiger partial charge on any atom is -0.366 e. The Morgan fingerprint density at radius 1 is 0.913 bits per heavy atom. The van der Waals surface area contributed by atoms with Gasteiger partial charge in [-0.2, -0.15) is 0 Å². The van der Waals surface area contributed by atoms with Crippen LogP contribution in [0.25, 0.3) is 0 Å². The summed E-state index contributed by atoms with van der Waals surface area (Å²) in [5.74, 6) is -0.435. The second-order valence-corrected chi connectivity index (χ2v) is 6.14. The van der Waals surface area contributed by atoms with Crippen molar-refractivity contribution < 1.29 is 9.18 Å². The van der Waals surface area contributed by atoms with Gasteiger partial charge in [-0.1, -0.05) is 41.4 Å². The molecule has 120 valence electrons. The molecule has 1 heterocycles. The van der Waals surface area contributed by atoms with E-state index in [-0.39, 0.29) is 11.7 Å². The highest BCUT2D eigenvalue weighted by Gasteiger charge is 2.26. The Morgan fingerprint density at radius 2 is 1.52 bits per heavy atom. The van der Waals surface area contributed by atoms with Crippen molar-refractivity contribution in [3.63, 3.8) is 0 Å². The van der Waals surface area contributed by atoms with E-state index in [9.17, 15) is 9.18 Å². The number of para-hydroxylation sites is 1. The second kappa shape index (κ2) is 6.77. The van der Waals surface area contributed by atoms with E-state index in [1.165, 1.54) is 6.07 Å². The zero-order valence-electron chi connectivity index (χ0n) is 12.3. The van der Waals surface area contributed by atoms with Crippen LogP contribution in [0, 0.1) is 5.82 Å². The molecule has 6 heteroatoms. The zero-order valence-corrected chi connectivity index (χ0v) is 13.8. The van der Waals surface area contributed by atoms with Crippen LogP contribution < -0.4 is 4.90 Å². The van der Waals surface area contributed by atoms with Gasteiger partial charge in [-0.05, 0) is 24.3 Å². The lowest BCUT2D eigenvalue weighted by molar-refractivity contribution is 0.0747. The highest BCUT2D eigenvalue weighted by atomic mass is 35.5. The van der Waals surface area contributed by atoms with Crippen molar-refractivity contribution in [1.82, 2.24) is 4.90 Å². The average Bonchev–Trinajstić information content (AvgIpc) is 2.55. The first-order chi connectivity index (χ1) is 11.1. The number of anilines is 1. The Kier molecular flexibility index (Phi) is 4.74. The van der Waals surface area contributed by atoms with Crippen LogP contribution in [0.1, 0.15) is 10.4 Å². The van der Waals surface area contributed by atoms with Crippen LogP contribution in [0.2, 0.25) is 10.0 Å². The van der Waals surface area contributed by atoms with Gasteiger partial charge in [0.05, 0.1) is 21.3 Å². The van der Waals surface area contributed by atoms with E-state index in [1.807, 2.05) is 4.90 Å². The van der Waals surface area contributed by atoms with Crippen LogP contribution in [0.4, 0.5) is 10.1 Å².